The van der Waals surface area contributed by atoms with Crippen LogP contribution in [-0.4, -0.2) is 57.6 Å². The third kappa shape index (κ3) is 6.98. The van der Waals surface area contributed by atoms with E-state index in [4.69, 9.17) is 4.74 Å². The second kappa shape index (κ2) is 11.5. The van der Waals surface area contributed by atoms with E-state index < -0.39 is 28.5 Å². The van der Waals surface area contributed by atoms with Gasteiger partial charge in [0.2, 0.25) is 21.8 Å². The Morgan fingerprint density at radius 1 is 1.06 bits per heavy atom. The molecule has 2 aromatic carbocycles. The quantitative estimate of drug-likeness (QED) is 0.554. The van der Waals surface area contributed by atoms with Crippen LogP contribution in [0.15, 0.2) is 54.6 Å². The standard InChI is InChI=1S/C23H31N3O5S/c1-5-15-24-23(28)18(2)25(16-19-11-13-21(31-3)14-12-19)22(27)17-26(32(4,29)30)20-9-7-6-8-10-20/h6-14,18H,5,15-17H2,1-4H3,(H,24,28)/t18-/m0/s1. The van der Waals surface area contributed by atoms with E-state index in [9.17, 15) is 18.0 Å². The van der Waals surface area contributed by atoms with E-state index in [-0.39, 0.29) is 12.5 Å². The maximum atomic E-state index is 13.3. The molecule has 2 rings (SSSR count). The predicted molar refractivity (Wildman–Crippen MR) is 125 cm³/mol. The summed E-state index contributed by atoms with van der Waals surface area (Å²) in [4.78, 5) is 27.4. The largest absolute Gasteiger partial charge is 0.497 e. The minimum Gasteiger partial charge on any atom is -0.497 e. The van der Waals surface area contributed by atoms with Crippen molar-refractivity contribution in [1.82, 2.24) is 10.2 Å². The number of carbonyl (C=O) groups excluding carboxylic acids is 2. The zero-order chi connectivity index (χ0) is 23.7. The maximum Gasteiger partial charge on any atom is 0.244 e. The molecule has 0 heterocycles. The number of benzene rings is 2. The van der Waals surface area contributed by atoms with E-state index in [0.717, 1.165) is 22.5 Å². The molecule has 0 bridgehead atoms. The van der Waals surface area contributed by atoms with Gasteiger partial charge in [0.15, 0.2) is 0 Å². The highest BCUT2D eigenvalue weighted by Crippen LogP contribution is 2.19. The summed E-state index contributed by atoms with van der Waals surface area (Å²) in [5.41, 5.74) is 1.18. The Kier molecular flexibility index (Phi) is 9.07. The lowest BCUT2D eigenvalue weighted by Crippen LogP contribution is -2.51. The Balaban J connectivity index is 2.33. The van der Waals surface area contributed by atoms with Gasteiger partial charge in [-0.3, -0.25) is 13.9 Å². The molecule has 0 aromatic heterocycles. The zero-order valence-electron chi connectivity index (χ0n) is 18.9. The van der Waals surface area contributed by atoms with Crippen LogP contribution >= 0.6 is 0 Å². The Hall–Kier alpha value is -3.07. The third-order valence-corrected chi connectivity index (χ3v) is 6.09. The van der Waals surface area contributed by atoms with Crippen LogP contribution in [0.3, 0.4) is 0 Å². The van der Waals surface area contributed by atoms with E-state index in [1.807, 2.05) is 6.92 Å². The molecule has 0 saturated carbocycles. The first-order valence-electron chi connectivity index (χ1n) is 10.4. The molecule has 0 fully saturated rings. The highest BCUT2D eigenvalue weighted by Gasteiger charge is 2.29. The summed E-state index contributed by atoms with van der Waals surface area (Å²) in [5, 5.41) is 2.80. The summed E-state index contributed by atoms with van der Waals surface area (Å²) < 4.78 is 31.1. The molecule has 0 spiro atoms. The molecular weight excluding hydrogens is 430 g/mol. The van der Waals surface area contributed by atoms with Crippen LogP contribution in [0.2, 0.25) is 0 Å². The summed E-state index contributed by atoms with van der Waals surface area (Å²) in [5.74, 6) is -0.0961. The second-order valence-corrected chi connectivity index (χ2v) is 9.35. The number of hydrogen-bond acceptors (Lipinski definition) is 5. The molecule has 8 nitrogen and oxygen atoms in total. The van der Waals surface area contributed by atoms with Gasteiger partial charge in [0.05, 0.1) is 19.1 Å². The van der Waals surface area contributed by atoms with Crippen molar-refractivity contribution in [3.63, 3.8) is 0 Å². The van der Waals surface area contributed by atoms with E-state index in [2.05, 4.69) is 5.32 Å². The van der Waals surface area contributed by atoms with Crippen LogP contribution in [0.1, 0.15) is 25.8 Å². The van der Waals surface area contributed by atoms with Crippen molar-refractivity contribution in [2.45, 2.75) is 32.9 Å². The average molecular weight is 462 g/mol. The highest BCUT2D eigenvalue weighted by atomic mass is 32.2. The van der Waals surface area contributed by atoms with E-state index >= 15 is 0 Å². The molecule has 0 unspecified atom stereocenters. The van der Waals surface area contributed by atoms with E-state index in [1.165, 1.54) is 4.90 Å². The summed E-state index contributed by atoms with van der Waals surface area (Å²) in [6, 6.07) is 14.8. The number of methoxy groups -OCH3 is 1. The van der Waals surface area contributed by atoms with Crippen LogP contribution in [0.25, 0.3) is 0 Å². The zero-order valence-corrected chi connectivity index (χ0v) is 19.8. The fraction of sp³-hybridized carbons (Fsp3) is 0.391. The van der Waals surface area contributed by atoms with Gasteiger partial charge >= 0.3 is 0 Å². The molecule has 1 N–H and O–H groups in total. The van der Waals surface area contributed by atoms with Gasteiger partial charge in [-0.05, 0) is 43.2 Å². The van der Waals surface area contributed by atoms with Gasteiger partial charge in [0, 0.05) is 13.1 Å². The molecule has 0 aliphatic carbocycles. The van der Waals surface area contributed by atoms with Gasteiger partial charge < -0.3 is 15.0 Å². The van der Waals surface area contributed by atoms with Gasteiger partial charge in [0.25, 0.3) is 0 Å². The Morgan fingerprint density at radius 2 is 1.69 bits per heavy atom. The molecule has 174 valence electrons. The highest BCUT2D eigenvalue weighted by molar-refractivity contribution is 7.92. The van der Waals surface area contributed by atoms with Gasteiger partial charge in [0.1, 0.15) is 18.3 Å². The topological polar surface area (TPSA) is 96.0 Å². The molecule has 2 amide bonds. The second-order valence-electron chi connectivity index (χ2n) is 7.44. The monoisotopic (exact) mass is 461 g/mol. The number of hydrogen-bond donors (Lipinski definition) is 1. The smallest absolute Gasteiger partial charge is 0.244 e. The SMILES string of the molecule is CCCNC(=O)[C@H](C)N(Cc1ccc(OC)cc1)C(=O)CN(c1ccccc1)S(C)(=O)=O. The van der Waals surface area contributed by atoms with Crippen molar-refractivity contribution < 1.29 is 22.7 Å². The van der Waals surface area contributed by atoms with Crippen molar-refractivity contribution in [1.29, 1.82) is 0 Å². The van der Waals surface area contributed by atoms with E-state index in [1.54, 1.807) is 68.6 Å². The van der Waals surface area contributed by atoms with Crippen LogP contribution < -0.4 is 14.4 Å². The van der Waals surface area contributed by atoms with Gasteiger partial charge in [-0.15, -0.1) is 0 Å². The van der Waals surface area contributed by atoms with Crippen molar-refractivity contribution in [3.8, 4) is 5.75 Å². The Morgan fingerprint density at radius 3 is 2.22 bits per heavy atom. The molecule has 2 aromatic rings. The molecule has 0 radical (unpaired) electrons. The number of amides is 2. The van der Waals surface area contributed by atoms with E-state index in [0.29, 0.717) is 18.0 Å². The third-order valence-electron chi connectivity index (χ3n) is 4.95. The summed E-state index contributed by atoms with van der Waals surface area (Å²) in [7, 11) is -2.16. The Bertz CT molecular complexity index is 994. The normalized spacial score (nSPS) is 12.0. The number of sulfonamides is 1. The first kappa shape index (κ1) is 25.2. The van der Waals surface area contributed by atoms with Crippen molar-refractivity contribution in [3.05, 3.63) is 60.2 Å². The summed E-state index contributed by atoms with van der Waals surface area (Å²) >= 11 is 0. The maximum absolute atomic E-state index is 13.3. The van der Waals surface area contributed by atoms with Crippen LogP contribution in [-0.2, 0) is 26.2 Å². The van der Waals surface area contributed by atoms with Gasteiger partial charge in [-0.1, -0.05) is 37.3 Å². The average Bonchev–Trinajstić information content (AvgIpc) is 2.79. The minimum atomic E-state index is -3.72. The number of carbonyl (C=O) groups is 2. The Labute approximate surface area is 190 Å². The fourth-order valence-electron chi connectivity index (χ4n) is 3.11. The van der Waals surface area contributed by atoms with Crippen LogP contribution in [0.5, 0.6) is 5.75 Å². The van der Waals surface area contributed by atoms with Gasteiger partial charge in [-0.25, -0.2) is 8.42 Å². The van der Waals surface area contributed by atoms with Crippen molar-refractivity contribution in [2.24, 2.45) is 0 Å². The summed E-state index contributed by atoms with van der Waals surface area (Å²) in [6.07, 6.45) is 1.82. The number of nitrogens with one attached hydrogen (secondary N) is 1. The lowest BCUT2D eigenvalue weighted by atomic mass is 10.1. The van der Waals surface area contributed by atoms with Crippen molar-refractivity contribution in [2.75, 3.05) is 30.8 Å². The molecule has 0 aliphatic rings. The van der Waals surface area contributed by atoms with Gasteiger partial charge in [-0.2, -0.15) is 0 Å². The number of rotatable bonds is 11. The first-order chi connectivity index (χ1) is 15.2. The molecule has 0 saturated heterocycles. The molecule has 0 aliphatic heterocycles. The summed E-state index contributed by atoms with van der Waals surface area (Å²) in [6.45, 7) is 3.81. The number of anilines is 1. The van der Waals surface area contributed by atoms with Crippen LogP contribution in [0, 0.1) is 0 Å². The molecule has 1 atom stereocenters. The molecule has 32 heavy (non-hydrogen) atoms. The molecular formula is C23H31N3O5S. The lowest BCUT2D eigenvalue weighted by molar-refractivity contribution is -0.139. The number of para-hydroxylation sites is 1. The number of ether oxygens (including phenoxy) is 1. The lowest BCUT2D eigenvalue weighted by Gasteiger charge is -2.31. The number of nitrogens with zero attached hydrogens (tertiary/aromatic N) is 2. The molecule has 9 heteroatoms. The first-order valence-corrected chi connectivity index (χ1v) is 12.2. The fourth-order valence-corrected chi connectivity index (χ4v) is 3.96. The predicted octanol–water partition coefficient (Wildman–Crippen LogP) is 2.40. The van der Waals surface area contributed by atoms with Crippen molar-refractivity contribution >= 4 is 27.5 Å². The van der Waals surface area contributed by atoms with Crippen LogP contribution in [0.4, 0.5) is 5.69 Å². The minimum absolute atomic E-state index is 0.149.